The fourth-order valence-corrected chi connectivity index (χ4v) is 3.95. The highest BCUT2D eigenvalue weighted by Crippen LogP contribution is 2.19. The Labute approximate surface area is 178 Å². The second kappa shape index (κ2) is 14.9. The highest BCUT2D eigenvalue weighted by molar-refractivity contribution is 14.0. The third kappa shape index (κ3) is 9.74. The van der Waals surface area contributed by atoms with Gasteiger partial charge >= 0.3 is 0 Å². The van der Waals surface area contributed by atoms with E-state index in [1.54, 1.807) is 0 Å². The number of halogens is 1. The van der Waals surface area contributed by atoms with Crippen LogP contribution in [0.5, 0.6) is 0 Å². The maximum absolute atomic E-state index is 6.06. The molecule has 1 heterocycles. The summed E-state index contributed by atoms with van der Waals surface area (Å²) in [5, 5.41) is 6.81. The van der Waals surface area contributed by atoms with Crippen LogP contribution >= 0.6 is 24.0 Å². The lowest BCUT2D eigenvalue weighted by molar-refractivity contribution is 0.0468. The summed E-state index contributed by atoms with van der Waals surface area (Å²) in [7, 11) is 0. The number of nitrogens with zero attached hydrogens (tertiary/aromatic N) is 2. The van der Waals surface area contributed by atoms with Crippen LogP contribution in [0.3, 0.4) is 0 Å². The van der Waals surface area contributed by atoms with E-state index in [1.165, 1.54) is 64.5 Å². The van der Waals surface area contributed by atoms with Gasteiger partial charge < -0.3 is 20.3 Å². The first-order valence-corrected chi connectivity index (χ1v) is 10.7. The van der Waals surface area contributed by atoms with Crippen molar-refractivity contribution in [1.82, 2.24) is 15.5 Å². The van der Waals surface area contributed by atoms with Crippen LogP contribution in [0.15, 0.2) is 4.99 Å². The summed E-state index contributed by atoms with van der Waals surface area (Å²) < 4.78 is 6.06. The summed E-state index contributed by atoms with van der Waals surface area (Å²) in [5.41, 5.74) is 0. The van der Waals surface area contributed by atoms with Crippen molar-refractivity contribution in [2.45, 2.75) is 71.3 Å². The van der Waals surface area contributed by atoms with E-state index >= 15 is 0 Å². The Hall–Kier alpha value is -0.0800. The Balaban J connectivity index is 0.00000338. The zero-order chi connectivity index (χ0) is 17.7. The van der Waals surface area contributed by atoms with Crippen LogP contribution in [0.4, 0.5) is 0 Å². The van der Waals surface area contributed by atoms with E-state index < -0.39 is 0 Å². The van der Waals surface area contributed by atoms with Crippen molar-refractivity contribution in [2.75, 3.05) is 45.9 Å². The molecule has 0 radical (unpaired) electrons. The Morgan fingerprint density at radius 1 is 1.04 bits per heavy atom. The predicted octanol–water partition coefficient (Wildman–Crippen LogP) is 3.63. The van der Waals surface area contributed by atoms with Crippen molar-refractivity contribution in [1.29, 1.82) is 0 Å². The molecule has 1 saturated carbocycles. The number of nitrogens with one attached hydrogen (secondary N) is 2. The van der Waals surface area contributed by atoms with Gasteiger partial charge in [-0.3, -0.25) is 4.99 Å². The van der Waals surface area contributed by atoms with Crippen LogP contribution in [-0.4, -0.2) is 62.8 Å². The maximum Gasteiger partial charge on any atom is 0.191 e. The summed E-state index contributed by atoms with van der Waals surface area (Å²) in [5.74, 6) is 1.65. The predicted molar refractivity (Wildman–Crippen MR) is 122 cm³/mol. The van der Waals surface area contributed by atoms with Crippen LogP contribution in [0, 0.1) is 5.92 Å². The summed E-state index contributed by atoms with van der Waals surface area (Å²) in [6, 6.07) is 0. The van der Waals surface area contributed by atoms with Gasteiger partial charge in [0.05, 0.1) is 12.7 Å². The first kappa shape index (κ1) is 24.0. The lowest BCUT2D eigenvalue weighted by atomic mass is 9.98. The van der Waals surface area contributed by atoms with Gasteiger partial charge in [0, 0.05) is 26.2 Å². The number of hydrogen-bond acceptors (Lipinski definition) is 3. The molecule has 1 aliphatic carbocycles. The number of aliphatic imine (C=N–C) groups is 1. The summed E-state index contributed by atoms with van der Waals surface area (Å²) >= 11 is 0. The van der Waals surface area contributed by atoms with Gasteiger partial charge in [-0.2, -0.15) is 0 Å². The summed E-state index contributed by atoms with van der Waals surface area (Å²) in [4.78, 5) is 7.36. The largest absolute Gasteiger partial charge is 0.376 e. The van der Waals surface area contributed by atoms with Gasteiger partial charge in [-0.1, -0.05) is 32.6 Å². The van der Waals surface area contributed by atoms with Gasteiger partial charge in [0.1, 0.15) is 0 Å². The number of ether oxygens (including phenoxy) is 1. The SMILES string of the molecule is CCNC(=NCC1CCCN(CC)C1)NCCOC1CCCCCC1.I. The van der Waals surface area contributed by atoms with Crippen LogP contribution in [0.25, 0.3) is 0 Å². The number of guanidine groups is 1. The molecule has 1 atom stereocenters. The highest BCUT2D eigenvalue weighted by Gasteiger charge is 2.18. The molecule has 1 unspecified atom stereocenters. The van der Waals surface area contributed by atoms with E-state index in [-0.39, 0.29) is 24.0 Å². The van der Waals surface area contributed by atoms with Crippen molar-refractivity contribution in [2.24, 2.45) is 10.9 Å². The topological polar surface area (TPSA) is 48.9 Å². The van der Waals surface area contributed by atoms with Crippen LogP contribution in [0.2, 0.25) is 0 Å². The molecule has 0 aromatic carbocycles. The molecule has 2 aliphatic rings. The zero-order valence-corrected chi connectivity index (χ0v) is 19.3. The second-order valence-electron chi connectivity index (χ2n) is 7.53. The van der Waals surface area contributed by atoms with Crippen molar-refractivity contribution >= 4 is 29.9 Å². The van der Waals surface area contributed by atoms with Crippen molar-refractivity contribution in [3.8, 4) is 0 Å². The standard InChI is InChI=1S/C20H40N4O.HI/c1-3-21-20(23-16-18-10-9-14-24(4-2)17-18)22-13-15-25-19-11-7-5-6-8-12-19;/h18-19H,3-17H2,1-2H3,(H2,21,22,23);1H. The molecule has 154 valence electrons. The number of hydrogen-bond donors (Lipinski definition) is 2. The minimum Gasteiger partial charge on any atom is -0.376 e. The fraction of sp³-hybridized carbons (Fsp3) is 0.950. The molecule has 0 spiro atoms. The van der Waals surface area contributed by atoms with Gasteiger partial charge in [-0.05, 0) is 51.6 Å². The third-order valence-electron chi connectivity index (χ3n) is 5.45. The molecule has 0 aromatic rings. The zero-order valence-electron chi connectivity index (χ0n) is 17.0. The molecule has 26 heavy (non-hydrogen) atoms. The molecule has 2 fully saturated rings. The lowest BCUT2D eigenvalue weighted by Crippen LogP contribution is -2.41. The van der Waals surface area contributed by atoms with Crippen LogP contribution in [0.1, 0.15) is 65.2 Å². The van der Waals surface area contributed by atoms with Gasteiger partial charge in [-0.25, -0.2) is 0 Å². The number of rotatable bonds is 8. The molecule has 1 saturated heterocycles. The monoisotopic (exact) mass is 480 g/mol. The average Bonchev–Trinajstić information content (AvgIpc) is 2.92. The lowest BCUT2D eigenvalue weighted by Gasteiger charge is -2.31. The Morgan fingerprint density at radius 3 is 2.50 bits per heavy atom. The van der Waals surface area contributed by atoms with E-state index in [2.05, 4.69) is 29.4 Å². The molecule has 6 heteroatoms. The molecule has 0 aromatic heterocycles. The van der Waals surface area contributed by atoms with Crippen LogP contribution < -0.4 is 10.6 Å². The molecular weight excluding hydrogens is 439 g/mol. The first-order valence-electron chi connectivity index (χ1n) is 10.7. The molecular formula is C20H41IN4O. The third-order valence-corrected chi connectivity index (χ3v) is 5.45. The Bertz CT molecular complexity index is 373. The Kier molecular flexibility index (Phi) is 13.7. The average molecular weight is 480 g/mol. The smallest absolute Gasteiger partial charge is 0.191 e. The minimum absolute atomic E-state index is 0. The highest BCUT2D eigenvalue weighted by atomic mass is 127. The molecule has 0 bridgehead atoms. The molecule has 5 nitrogen and oxygen atoms in total. The second-order valence-corrected chi connectivity index (χ2v) is 7.53. The van der Waals surface area contributed by atoms with Crippen LogP contribution in [-0.2, 0) is 4.74 Å². The quantitative estimate of drug-likeness (QED) is 0.183. The number of piperidine rings is 1. The van der Waals surface area contributed by atoms with E-state index in [1.807, 2.05) is 0 Å². The molecule has 1 aliphatic heterocycles. The van der Waals surface area contributed by atoms with Gasteiger partial charge in [0.15, 0.2) is 5.96 Å². The summed E-state index contributed by atoms with van der Waals surface area (Å²) in [6.07, 6.45) is 11.0. The van der Waals surface area contributed by atoms with Crippen molar-refractivity contribution in [3.05, 3.63) is 0 Å². The molecule has 2 N–H and O–H groups in total. The minimum atomic E-state index is 0. The fourth-order valence-electron chi connectivity index (χ4n) is 3.95. The van der Waals surface area contributed by atoms with Gasteiger partial charge in [0.2, 0.25) is 0 Å². The molecule has 0 amide bonds. The Morgan fingerprint density at radius 2 is 1.81 bits per heavy atom. The normalized spacial score (nSPS) is 23.2. The molecule has 2 rings (SSSR count). The summed E-state index contributed by atoms with van der Waals surface area (Å²) in [6.45, 7) is 11.4. The number of likely N-dealkylation sites (tertiary alicyclic amines) is 1. The van der Waals surface area contributed by atoms with Gasteiger partial charge in [0.25, 0.3) is 0 Å². The van der Waals surface area contributed by atoms with E-state index in [0.29, 0.717) is 12.0 Å². The van der Waals surface area contributed by atoms with E-state index in [0.717, 1.165) is 38.7 Å². The maximum atomic E-state index is 6.06. The van der Waals surface area contributed by atoms with Crippen molar-refractivity contribution in [3.63, 3.8) is 0 Å². The van der Waals surface area contributed by atoms with E-state index in [9.17, 15) is 0 Å². The van der Waals surface area contributed by atoms with Gasteiger partial charge in [-0.15, -0.1) is 24.0 Å². The van der Waals surface area contributed by atoms with Crippen molar-refractivity contribution < 1.29 is 4.74 Å². The first-order chi connectivity index (χ1) is 12.3. The van der Waals surface area contributed by atoms with E-state index in [4.69, 9.17) is 9.73 Å².